The van der Waals surface area contributed by atoms with Crippen LogP contribution >= 0.6 is 11.3 Å². The van der Waals surface area contributed by atoms with E-state index in [1.165, 1.54) is 22.1 Å². The van der Waals surface area contributed by atoms with Crippen molar-refractivity contribution in [1.82, 2.24) is 14.7 Å². The Bertz CT molecular complexity index is 1300. The normalized spacial score (nSPS) is 18.7. The molecule has 0 radical (unpaired) electrons. The average Bonchev–Trinajstić information content (AvgIpc) is 3.23. The van der Waals surface area contributed by atoms with E-state index in [1.54, 1.807) is 23.5 Å². The number of benzene rings is 2. The van der Waals surface area contributed by atoms with Crippen LogP contribution in [0, 0.1) is 5.82 Å². The van der Waals surface area contributed by atoms with Crippen molar-refractivity contribution in [3.8, 4) is 0 Å². The number of thiophene rings is 1. The molecular weight excluding hydrogens is 497 g/mol. The standard InChI is InChI=1S/C31H36FN3O2S/c1-31(2,3)24-10-8-22(9-11-24)30(37)34-15-5-14-33(17-18-34)28(36)21-35-16-12-27-26(13-19-38-27)29(35)23-6-4-7-25(32)20-23/h4,6-11,13,19-20,29H,5,12,14-18,21H2,1-3H3/t29-/m1/s1. The van der Waals surface area contributed by atoms with Crippen LogP contribution in [0.1, 0.15) is 65.2 Å². The smallest absolute Gasteiger partial charge is 0.253 e. The van der Waals surface area contributed by atoms with E-state index >= 15 is 0 Å². The molecule has 0 aliphatic carbocycles. The molecule has 2 amide bonds. The predicted octanol–water partition coefficient (Wildman–Crippen LogP) is 5.51. The van der Waals surface area contributed by atoms with Crippen LogP contribution in [0.15, 0.2) is 60.0 Å². The van der Waals surface area contributed by atoms with Gasteiger partial charge in [0, 0.05) is 43.2 Å². The fourth-order valence-electron chi connectivity index (χ4n) is 5.54. The Labute approximate surface area is 228 Å². The zero-order valence-electron chi connectivity index (χ0n) is 22.5. The van der Waals surface area contributed by atoms with Gasteiger partial charge in [0.05, 0.1) is 12.6 Å². The van der Waals surface area contributed by atoms with Gasteiger partial charge in [-0.05, 0) is 70.7 Å². The summed E-state index contributed by atoms with van der Waals surface area (Å²) in [5, 5.41) is 2.08. The SMILES string of the molecule is CC(C)(C)c1ccc(C(=O)N2CCCN(C(=O)CN3CCc4sccc4[C@H]3c3cccc(F)c3)CC2)cc1. The molecule has 2 aromatic carbocycles. The number of hydrogen-bond acceptors (Lipinski definition) is 4. The van der Waals surface area contributed by atoms with Crippen LogP contribution in [0.25, 0.3) is 0 Å². The first kappa shape index (κ1) is 26.6. The molecule has 0 N–H and O–H groups in total. The maximum atomic E-state index is 14.1. The fourth-order valence-corrected chi connectivity index (χ4v) is 6.45. The zero-order valence-corrected chi connectivity index (χ0v) is 23.3. The first-order valence-electron chi connectivity index (χ1n) is 13.4. The number of carbonyl (C=O) groups is 2. The Morgan fingerprint density at radius 1 is 0.947 bits per heavy atom. The summed E-state index contributed by atoms with van der Waals surface area (Å²) in [6, 6.07) is 16.6. The van der Waals surface area contributed by atoms with Gasteiger partial charge >= 0.3 is 0 Å². The molecule has 1 fully saturated rings. The van der Waals surface area contributed by atoms with Gasteiger partial charge < -0.3 is 9.80 Å². The van der Waals surface area contributed by atoms with Crippen LogP contribution in [0.3, 0.4) is 0 Å². The van der Waals surface area contributed by atoms with Crippen molar-refractivity contribution in [2.45, 2.75) is 45.1 Å². The molecule has 200 valence electrons. The lowest BCUT2D eigenvalue weighted by atomic mass is 9.86. The topological polar surface area (TPSA) is 43.9 Å². The number of hydrogen-bond donors (Lipinski definition) is 0. The third-order valence-corrected chi connectivity index (χ3v) is 8.70. The first-order chi connectivity index (χ1) is 18.2. The monoisotopic (exact) mass is 533 g/mol. The second kappa shape index (κ2) is 11.0. The van der Waals surface area contributed by atoms with Crippen molar-refractivity contribution in [2.75, 3.05) is 39.3 Å². The van der Waals surface area contributed by atoms with Gasteiger partial charge in [-0.25, -0.2) is 4.39 Å². The molecule has 2 aliphatic rings. The third-order valence-electron chi connectivity index (χ3n) is 7.70. The van der Waals surface area contributed by atoms with Crippen molar-refractivity contribution in [3.63, 3.8) is 0 Å². The number of amides is 2. The van der Waals surface area contributed by atoms with E-state index in [2.05, 4.69) is 37.1 Å². The Kier molecular flexibility index (Phi) is 7.68. The van der Waals surface area contributed by atoms with E-state index in [-0.39, 0.29) is 35.6 Å². The molecule has 0 spiro atoms. The van der Waals surface area contributed by atoms with E-state index in [1.807, 2.05) is 40.1 Å². The number of carbonyl (C=O) groups excluding carboxylic acids is 2. The van der Waals surface area contributed by atoms with E-state index in [0.717, 1.165) is 24.9 Å². The Morgan fingerprint density at radius 3 is 2.42 bits per heavy atom. The second-order valence-corrected chi connectivity index (χ2v) is 12.3. The minimum atomic E-state index is -0.263. The van der Waals surface area contributed by atoms with Crippen molar-refractivity contribution in [1.29, 1.82) is 0 Å². The highest BCUT2D eigenvalue weighted by Crippen LogP contribution is 2.37. The quantitative estimate of drug-likeness (QED) is 0.445. The molecule has 7 heteroatoms. The summed E-state index contributed by atoms with van der Waals surface area (Å²) >= 11 is 1.73. The summed E-state index contributed by atoms with van der Waals surface area (Å²) in [6.07, 6.45) is 1.64. The average molecular weight is 534 g/mol. The molecule has 2 aliphatic heterocycles. The molecule has 3 aromatic rings. The van der Waals surface area contributed by atoms with Gasteiger partial charge in [-0.1, -0.05) is 45.0 Å². The van der Waals surface area contributed by atoms with Gasteiger partial charge in [0.2, 0.25) is 5.91 Å². The summed E-state index contributed by atoms with van der Waals surface area (Å²) < 4.78 is 14.1. The highest BCUT2D eigenvalue weighted by Gasteiger charge is 2.32. The van der Waals surface area contributed by atoms with Crippen molar-refractivity contribution < 1.29 is 14.0 Å². The van der Waals surface area contributed by atoms with Crippen LogP contribution in [0.4, 0.5) is 4.39 Å². The number of nitrogens with zero attached hydrogens (tertiary/aromatic N) is 3. The molecule has 3 heterocycles. The van der Waals surface area contributed by atoms with E-state index in [0.29, 0.717) is 31.7 Å². The van der Waals surface area contributed by atoms with Gasteiger partial charge in [0.1, 0.15) is 5.82 Å². The third kappa shape index (κ3) is 5.69. The minimum absolute atomic E-state index is 0.0203. The van der Waals surface area contributed by atoms with Crippen LogP contribution in [-0.4, -0.2) is 65.8 Å². The highest BCUT2D eigenvalue weighted by atomic mass is 32.1. The lowest BCUT2D eigenvalue weighted by Crippen LogP contribution is -2.45. The highest BCUT2D eigenvalue weighted by molar-refractivity contribution is 7.10. The molecule has 1 atom stereocenters. The number of fused-ring (bicyclic) bond motifs is 1. The number of halogens is 1. The Balaban J connectivity index is 1.25. The van der Waals surface area contributed by atoms with Gasteiger partial charge in [-0.15, -0.1) is 11.3 Å². The molecule has 0 bridgehead atoms. The van der Waals surface area contributed by atoms with E-state index in [9.17, 15) is 14.0 Å². The summed E-state index contributed by atoms with van der Waals surface area (Å²) in [4.78, 5) is 34.0. The van der Waals surface area contributed by atoms with E-state index < -0.39 is 0 Å². The molecule has 1 aromatic heterocycles. The van der Waals surface area contributed by atoms with Gasteiger partial charge in [-0.3, -0.25) is 14.5 Å². The van der Waals surface area contributed by atoms with Crippen LogP contribution in [0.5, 0.6) is 0 Å². The summed E-state index contributed by atoms with van der Waals surface area (Å²) in [6.45, 7) is 9.82. The Hall–Kier alpha value is -3.03. The van der Waals surface area contributed by atoms with Gasteiger partial charge in [0.25, 0.3) is 5.91 Å². The molecular formula is C31H36FN3O2S. The maximum Gasteiger partial charge on any atom is 0.253 e. The molecule has 5 rings (SSSR count). The van der Waals surface area contributed by atoms with Crippen LogP contribution in [0.2, 0.25) is 0 Å². The number of rotatable bonds is 4. The predicted molar refractivity (Wildman–Crippen MR) is 150 cm³/mol. The summed E-state index contributed by atoms with van der Waals surface area (Å²) in [5.41, 5.74) is 3.98. The Morgan fingerprint density at radius 2 is 1.68 bits per heavy atom. The molecule has 5 nitrogen and oxygen atoms in total. The maximum absolute atomic E-state index is 14.1. The van der Waals surface area contributed by atoms with Crippen molar-refractivity contribution in [2.24, 2.45) is 0 Å². The van der Waals surface area contributed by atoms with Gasteiger partial charge in [0.15, 0.2) is 0 Å². The summed E-state index contributed by atoms with van der Waals surface area (Å²) in [5.74, 6) is -0.178. The van der Waals surface area contributed by atoms with Gasteiger partial charge in [-0.2, -0.15) is 0 Å². The van der Waals surface area contributed by atoms with Crippen LogP contribution < -0.4 is 0 Å². The van der Waals surface area contributed by atoms with Crippen molar-refractivity contribution in [3.05, 3.63) is 92.9 Å². The van der Waals surface area contributed by atoms with Crippen LogP contribution in [-0.2, 0) is 16.6 Å². The first-order valence-corrected chi connectivity index (χ1v) is 14.3. The van der Waals surface area contributed by atoms with E-state index in [4.69, 9.17) is 0 Å². The minimum Gasteiger partial charge on any atom is -0.340 e. The molecule has 0 saturated carbocycles. The molecule has 1 saturated heterocycles. The zero-order chi connectivity index (χ0) is 26.9. The lowest BCUT2D eigenvalue weighted by Gasteiger charge is -2.37. The largest absolute Gasteiger partial charge is 0.340 e. The molecule has 38 heavy (non-hydrogen) atoms. The van der Waals surface area contributed by atoms with Crippen molar-refractivity contribution >= 4 is 23.2 Å². The second-order valence-electron chi connectivity index (χ2n) is 11.3. The molecule has 0 unspecified atom stereocenters. The lowest BCUT2D eigenvalue weighted by molar-refractivity contribution is -0.132. The summed E-state index contributed by atoms with van der Waals surface area (Å²) in [7, 11) is 0. The fraction of sp³-hybridized carbons (Fsp3) is 0.419.